The Labute approximate surface area is 170 Å². The molecule has 2 aromatic carbocycles. The van der Waals surface area contributed by atoms with Crippen molar-refractivity contribution < 1.29 is 14.7 Å². The summed E-state index contributed by atoms with van der Waals surface area (Å²) in [5.41, 5.74) is 3.82. The Morgan fingerprint density at radius 3 is 2.45 bits per heavy atom. The third-order valence-corrected chi connectivity index (χ3v) is 5.49. The lowest BCUT2D eigenvalue weighted by molar-refractivity contribution is -0.137. The number of carboxylic acid groups (broad SMARTS) is 1. The molecule has 1 unspecified atom stereocenters. The van der Waals surface area contributed by atoms with Crippen LogP contribution in [-0.4, -0.2) is 26.8 Å². The van der Waals surface area contributed by atoms with E-state index < -0.39 is 12.0 Å². The molecule has 3 aromatic rings. The summed E-state index contributed by atoms with van der Waals surface area (Å²) in [5, 5.41) is 18.8. The number of nitrogens with one attached hydrogen (secondary N) is 1. The normalized spacial score (nSPS) is 13.2. The lowest BCUT2D eigenvalue weighted by Gasteiger charge is -2.21. The third kappa shape index (κ3) is 4.65. The minimum Gasteiger partial charge on any atom is -0.481 e. The maximum absolute atomic E-state index is 12.9. The highest BCUT2D eigenvalue weighted by molar-refractivity contribution is 5.84. The number of amides is 1. The molecule has 2 N–H and O–H groups in total. The molecule has 6 nitrogen and oxygen atoms in total. The van der Waals surface area contributed by atoms with Gasteiger partial charge < -0.3 is 10.4 Å². The molecule has 29 heavy (non-hydrogen) atoms. The molecule has 0 aliphatic carbocycles. The van der Waals surface area contributed by atoms with Crippen molar-refractivity contribution in [1.29, 1.82) is 0 Å². The molecule has 1 amide bonds. The van der Waals surface area contributed by atoms with E-state index >= 15 is 0 Å². The van der Waals surface area contributed by atoms with Crippen molar-refractivity contribution in [1.82, 2.24) is 15.1 Å². The highest BCUT2D eigenvalue weighted by Crippen LogP contribution is 2.24. The van der Waals surface area contributed by atoms with Crippen LogP contribution in [0.3, 0.4) is 0 Å². The van der Waals surface area contributed by atoms with E-state index in [1.54, 1.807) is 0 Å². The first-order valence-electron chi connectivity index (χ1n) is 9.76. The Morgan fingerprint density at radius 1 is 1.14 bits per heavy atom. The van der Waals surface area contributed by atoms with Crippen molar-refractivity contribution in [3.63, 3.8) is 0 Å². The van der Waals surface area contributed by atoms with Crippen LogP contribution in [0.5, 0.6) is 0 Å². The Kier molecular flexibility index (Phi) is 6.01. The van der Waals surface area contributed by atoms with Gasteiger partial charge in [0.05, 0.1) is 18.2 Å². The summed E-state index contributed by atoms with van der Waals surface area (Å²) in [4.78, 5) is 24.3. The number of hydrogen-bond donors (Lipinski definition) is 2. The van der Waals surface area contributed by atoms with Crippen LogP contribution in [0.1, 0.15) is 41.9 Å². The molecule has 1 aromatic heterocycles. The number of aryl methyl sites for hydroxylation is 2. The summed E-state index contributed by atoms with van der Waals surface area (Å²) < 4.78 is 1.82. The van der Waals surface area contributed by atoms with Gasteiger partial charge in [0.15, 0.2) is 0 Å². The molecule has 0 saturated carbocycles. The molecule has 0 saturated heterocycles. The summed E-state index contributed by atoms with van der Waals surface area (Å²) in [5.74, 6) is -1.41. The highest BCUT2D eigenvalue weighted by Gasteiger charge is 2.23. The van der Waals surface area contributed by atoms with Gasteiger partial charge in [-0.15, -0.1) is 0 Å². The lowest BCUT2D eigenvalue weighted by atomic mass is 9.96. The number of nitrogens with zero attached hydrogens (tertiary/aromatic N) is 2. The van der Waals surface area contributed by atoms with Gasteiger partial charge >= 0.3 is 5.97 Å². The maximum atomic E-state index is 12.9. The highest BCUT2D eigenvalue weighted by atomic mass is 16.4. The number of carbonyl (C=O) groups excluding carboxylic acids is 1. The van der Waals surface area contributed by atoms with E-state index in [2.05, 4.69) is 10.4 Å². The number of carbonyl (C=O) groups is 2. The number of fused-ring (bicyclic) bond motifs is 1. The van der Waals surface area contributed by atoms with Crippen LogP contribution in [-0.2, 0) is 23.1 Å². The third-order valence-electron chi connectivity index (χ3n) is 5.49. The number of carboxylic acids is 1. The fourth-order valence-corrected chi connectivity index (χ4v) is 3.68. The van der Waals surface area contributed by atoms with Crippen molar-refractivity contribution in [3.05, 3.63) is 65.0 Å². The SMILES string of the molecule is Cc1nn(C)c(C)c1CC(C)C(=O)N[C@@H](CC(=O)O)c1ccc2ccccc2c1. The number of aromatic nitrogens is 2. The average Bonchev–Trinajstić information content (AvgIpc) is 2.92. The van der Waals surface area contributed by atoms with Gasteiger partial charge in [-0.05, 0) is 48.2 Å². The molecule has 2 atom stereocenters. The van der Waals surface area contributed by atoms with Gasteiger partial charge in [0.1, 0.15) is 0 Å². The first-order chi connectivity index (χ1) is 13.8. The standard InChI is InChI=1S/C23H27N3O3/c1-14(11-20-15(2)25-26(4)16(20)3)23(29)24-21(13-22(27)28)19-10-9-17-7-5-6-8-18(17)12-19/h5-10,12,14,21H,11,13H2,1-4H3,(H,24,29)(H,27,28)/t14?,21-/m0/s1. The average molecular weight is 393 g/mol. The van der Waals surface area contributed by atoms with Crippen LogP contribution in [0, 0.1) is 19.8 Å². The summed E-state index contributed by atoms with van der Waals surface area (Å²) in [6, 6.07) is 13.1. The molecular formula is C23H27N3O3. The molecule has 1 heterocycles. The second-order valence-electron chi connectivity index (χ2n) is 7.64. The second kappa shape index (κ2) is 8.47. The monoisotopic (exact) mass is 393 g/mol. The zero-order valence-corrected chi connectivity index (χ0v) is 17.3. The van der Waals surface area contributed by atoms with Crippen LogP contribution in [0.25, 0.3) is 10.8 Å². The number of rotatable bonds is 7. The molecular weight excluding hydrogens is 366 g/mol. The number of hydrogen-bond acceptors (Lipinski definition) is 3. The Balaban J connectivity index is 1.79. The molecule has 3 rings (SSSR count). The second-order valence-corrected chi connectivity index (χ2v) is 7.64. The Hall–Kier alpha value is -3.15. The predicted octanol–water partition coefficient (Wildman–Crippen LogP) is 3.70. The Morgan fingerprint density at radius 2 is 1.83 bits per heavy atom. The van der Waals surface area contributed by atoms with Crippen LogP contribution >= 0.6 is 0 Å². The van der Waals surface area contributed by atoms with E-state index in [1.807, 2.05) is 75.0 Å². The largest absolute Gasteiger partial charge is 0.481 e. The van der Waals surface area contributed by atoms with E-state index in [0.29, 0.717) is 6.42 Å². The Bertz CT molecular complexity index is 1050. The van der Waals surface area contributed by atoms with Gasteiger partial charge in [0, 0.05) is 18.7 Å². The molecule has 6 heteroatoms. The van der Waals surface area contributed by atoms with Crippen molar-refractivity contribution in [2.24, 2.45) is 13.0 Å². The molecule has 0 bridgehead atoms. The van der Waals surface area contributed by atoms with Crippen LogP contribution in [0.15, 0.2) is 42.5 Å². The minimum absolute atomic E-state index is 0.160. The maximum Gasteiger partial charge on any atom is 0.305 e. The quantitative estimate of drug-likeness (QED) is 0.641. The van der Waals surface area contributed by atoms with Crippen molar-refractivity contribution in [3.8, 4) is 0 Å². The fraction of sp³-hybridized carbons (Fsp3) is 0.348. The van der Waals surface area contributed by atoms with Crippen molar-refractivity contribution >= 4 is 22.6 Å². The smallest absolute Gasteiger partial charge is 0.305 e. The minimum atomic E-state index is -0.949. The van der Waals surface area contributed by atoms with Crippen LogP contribution in [0.2, 0.25) is 0 Å². The zero-order valence-electron chi connectivity index (χ0n) is 17.3. The molecule has 0 aliphatic heterocycles. The molecule has 0 fully saturated rings. The lowest BCUT2D eigenvalue weighted by Crippen LogP contribution is -2.35. The summed E-state index contributed by atoms with van der Waals surface area (Å²) in [6.07, 6.45) is 0.399. The van der Waals surface area contributed by atoms with Gasteiger partial charge in [0.2, 0.25) is 5.91 Å². The molecule has 0 spiro atoms. The van der Waals surface area contributed by atoms with E-state index in [0.717, 1.165) is 33.3 Å². The number of aliphatic carboxylic acids is 1. The summed E-state index contributed by atoms with van der Waals surface area (Å²) in [6.45, 7) is 5.79. The first kappa shape index (κ1) is 20.6. The zero-order chi connectivity index (χ0) is 21.1. The molecule has 152 valence electrons. The van der Waals surface area contributed by atoms with E-state index in [9.17, 15) is 14.7 Å². The van der Waals surface area contributed by atoms with Crippen molar-refractivity contribution in [2.45, 2.75) is 39.7 Å². The predicted molar refractivity (Wildman–Crippen MR) is 113 cm³/mol. The van der Waals surface area contributed by atoms with Gasteiger partial charge in [-0.3, -0.25) is 14.3 Å². The molecule has 0 radical (unpaired) electrons. The fourth-order valence-electron chi connectivity index (χ4n) is 3.68. The summed E-state index contributed by atoms with van der Waals surface area (Å²) >= 11 is 0. The summed E-state index contributed by atoms with van der Waals surface area (Å²) in [7, 11) is 1.89. The van der Waals surface area contributed by atoms with Gasteiger partial charge in [-0.1, -0.05) is 43.3 Å². The van der Waals surface area contributed by atoms with E-state index in [1.165, 1.54) is 0 Å². The van der Waals surface area contributed by atoms with E-state index in [4.69, 9.17) is 0 Å². The van der Waals surface area contributed by atoms with Gasteiger partial charge in [0.25, 0.3) is 0 Å². The first-order valence-corrected chi connectivity index (χ1v) is 9.76. The van der Waals surface area contributed by atoms with Crippen LogP contribution in [0.4, 0.5) is 0 Å². The molecule has 0 aliphatic rings. The van der Waals surface area contributed by atoms with E-state index in [-0.39, 0.29) is 18.2 Å². The van der Waals surface area contributed by atoms with Gasteiger partial charge in [-0.2, -0.15) is 5.10 Å². The topological polar surface area (TPSA) is 84.2 Å². The van der Waals surface area contributed by atoms with Gasteiger partial charge in [-0.25, -0.2) is 0 Å². The van der Waals surface area contributed by atoms with Crippen LogP contribution < -0.4 is 5.32 Å². The van der Waals surface area contributed by atoms with Crippen molar-refractivity contribution in [2.75, 3.05) is 0 Å². The number of benzene rings is 2.